The minimum absolute atomic E-state index is 0.200. The lowest BCUT2D eigenvalue weighted by Gasteiger charge is -2.26. The second-order valence-electron chi connectivity index (χ2n) is 13.7. The summed E-state index contributed by atoms with van der Waals surface area (Å²) in [5.74, 6) is -0.518. The molecule has 0 unspecified atom stereocenters. The molecule has 1 heterocycles. The minimum Gasteiger partial charge on any atom is -0.494 e. The maximum absolute atomic E-state index is 13.5. The van der Waals surface area contributed by atoms with Gasteiger partial charge in [0.1, 0.15) is 23.0 Å². The number of rotatable bonds is 19. The number of carbonyl (C=O) groups is 4. The molecule has 1 aromatic heterocycles. The molecule has 0 saturated heterocycles. The number of nitrogens with zero attached hydrogens (tertiary/aromatic N) is 3. The van der Waals surface area contributed by atoms with Crippen LogP contribution >= 0.6 is 23.6 Å². The number of hydrogen-bond donors (Lipinski definition) is 1. The van der Waals surface area contributed by atoms with Gasteiger partial charge in [0.2, 0.25) is 10.2 Å². The quantitative estimate of drug-likeness (QED) is 0.0123. The van der Waals surface area contributed by atoms with Crippen molar-refractivity contribution in [2.45, 2.75) is 51.4 Å². The third-order valence-electron chi connectivity index (χ3n) is 9.52. The molecule has 0 atom stereocenters. The van der Waals surface area contributed by atoms with Crippen LogP contribution in [0.25, 0.3) is 10.2 Å². The SMILES string of the molecule is C=CC(=O)OCCCCCCOc1ccc(OC(=O)[C@H]2CC[C@H](C(=O)Oc3ccc(OC=O)cc3/C=N/N(C(=S)Nc3ccccc3)c3nc4ccccc4s3)CC2)cc1. The normalized spacial score (nSPS) is 14.8. The highest BCUT2D eigenvalue weighted by Gasteiger charge is 2.32. The maximum atomic E-state index is 13.5. The van der Waals surface area contributed by atoms with Crippen LogP contribution in [0.1, 0.15) is 56.9 Å². The summed E-state index contributed by atoms with van der Waals surface area (Å²) in [6.45, 7) is 4.60. The molecule has 1 N–H and O–H groups in total. The van der Waals surface area contributed by atoms with Gasteiger partial charge in [0.05, 0.1) is 41.5 Å². The van der Waals surface area contributed by atoms with Gasteiger partial charge in [0.25, 0.3) is 6.47 Å². The Labute approximate surface area is 356 Å². The van der Waals surface area contributed by atoms with Crippen LogP contribution in [0, 0.1) is 11.8 Å². The molecule has 310 valence electrons. The fourth-order valence-electron chi connectivity index (χ4n) is 6.35. The van der Waals surface area contributed by atoms with Crippen molar-refractivity contribution in [3.05, 3.63) is 115 Å². The number of ether oxygens (including phenoxy) is 5. The molecule has 1 aliphatic carbocycles. The number of carbonyl (C=O) groups excluding carboxylic acids is 4. The van der Waals surface area contributed by atoms with E-state index in [4.69, 9.17) is 40.9 Å². The number of hydrogen-bond acceptors (Lipinski definition) is 13. The third kappa shape index (κ3) is 12.5. The first-order valence-corrected chi connectivity index (χ1v) is 20.8. The molecule has 15 heteroatoms. The second-order valence-corrected chi connectivity index (χ2v) is 15.1. The predicted octanol–water partition coefficient (Wildman–Crippen LogP) is 9.05. The Balaban J connectivity index is 1.02. The summed E-state index contributed by atoms with van der Waals surface area (Å²) in [6.07, 6.45) is 7.91. The molecular weight excluding hydrogens is 805 g/mol. The van der Waals surface area contributed by atoms with E-state index in [1.807, 2.05) is 54.6 Å². The predicted molar refractivity (Wildman–Crippen MR) is 234 cm³/mol. The van der Waals surface area contributed by atoms with E-state index in [1.165, 1.54) is 40.8 Å². The van der Waals surface area contributed by atoms with Gasteiger partial charge in [-0.05, 0) is 130 Å². The molecule has 0 aliphatic heterocycles. The molecular formula is C45H44N4O9S2. The number of fused-ring (bicyclic) bond motifs is 1. The minimum atomic E-state index is -0.450. The zero-order chi connectivity index (χ0) is 42.1. The Morgan fingerprint density at radius 2 is 1.47 bits per heavy atom. The van der Waals surface area contributed by atoms with Crippen LogP contribution in [-0.2, 0) is 23.9 Å². The fourth-order valence-corrected chi connectivity index (χ4v) is 7.59. The average molecular weight is 849 g/mol. The zero-order valence-corrected chi connectivity index (χ0v) is 34.4. The Bertz CT molecular complexity index is 2260. The van der Waals surface area contributed by atoms with E-state index in [0.29, 0.717) is 67.6 Å². The monoisotopic (exact) mass is 848 g/mol. The van der Waals surface area contributed by atoms with Crippen molar-refractivity contribution in [3.8, 4) is 23.0 Å². The van der Waals surface area contributed by atoms with Crippen LogP contribution in [0.5, 0.6) is 23.0 Å². The number of thiocarbonyl (C=S) groups is 1. The summed E-state index contributed by atoms with van der Waals surface area (Å²) in [5, 5.41) is 10.1. The molecule has 0 bridgehead atoms. The molecule has 0 spiro atoms. The van der Waals surface area contributed by atoms with E-state index >= 15 is 0 Å². The number of benzene rings is 4. The molecule has 13 nitrogen and oxygen atoms in total. The first kappa shape index (κ1) is 43.1. The van der Waals surface area contributed by atoms with Gasteiger partial charge in [-0.2, -0.15) is 10.1 Å². The van der Waals surface area contributed by atoms with Gasteiger partial charge in [0.15, 0.2) is 0 Å². The standard InChI is InChI=1S/C45H44N4O9S2/c1-2-41(51)55-27-11-4-3-10-26-54-35-20-22-36(23-21-35)57-42(52)31-16-18-32(19-17-31)43(53)58-39-25-24-37(56-30-50)28-33(39)29-46-49(44(59)47-34-12-6-5-7-13-34)45-48-38-14-8-9-15-40(38)60-45/h2,5-9,12-15,20-25,28-32H,1,3-4,10-11,16-19,26-27H2,(H,47,59)/b46-29+/t31-,32-. The van der Waals surface area contributed by atoms with Gasteiger partial charge in [-0.1, -0.05) is 48.2 Å². The molecule has 1 fully saturated rings. The Morgan fingerprint density at radius 1 is 0.817 bits per heavy atom. The van der Waals surface area contributed by atoms with Crippen LogP contribution in [0.4, 0.5) is 10.8 Å². The van der Waals surface area contributed by atoms with Gasteiger partial charge in [-0.15, -0.1) is 0 Å². The summed E-state index contributed by atoms with van der Waals surface area (Å²) in [6, 6.07) is 28.6. The van der Waals surface area contributed by atoms with Crippen molar-refractivity contribution in [1.82, 2.24) is 4.98 Å². The summed E-state index contributed by atoms with van der Waals surface area (Å²) in [5.41, 5.74) is 1.89. The highest BCUT2D eigenvalue weighted by atomic mass is 32.1. The lowest BCUT2D eigenvalue weighted by molar-refractivity contribution is -0.145. The summed E-state index contributed by atoms with van der Waals surface area (Å²) in [4.78, 5) is 53.6. The van der Waals surface area contributed by atoms with Gasteiger partial charge < -0.3 is 29.0 Å². The fraction of sp³-hybridized carbons (Fsp3) is 0.267. The topological polar surface area (TPSA) is 155 Å². The highest BCUT2D eigenvalue weighted by Crippen LogP contribution is 2.34. The summed E-state index contributed by atoms with van der Waals surface area (Å²) >= 11 is 7.19. The van der Waals surface area contributed by atoms with E-state index in [2.05, 4.69) is 17.0 Å². The van der Waals surface area contributed by atoms with Crippen molar-refractivity contribution in [3.63, 3.8) is 0 Å². The Morgan fingerprint density at radius 3 is 2.17 bits per heavy atom. The third-order valence-corrected chi connectivity index (χ3v) is 10.8. The number of unbranched alkanes of at least 4 members (excludes halogenated alkanes) is 3. The smallest absolute Gasteiger partial charge is 0.330 e. The van der Waals surface area contributed by atoms with Crippen molar-refractivity contribution in [1.29, 1.82) is 0 Å². The van der Waals surface area contributed by atoms with Gasteiger partial charge in [0, 0.05) is 17.3 Å². The number of para-hydroxylation sites is 2. The van der Waals surface area contributed by atoms with Crippen LogP contribution in [0.15, 0.2) is 115 Å². The molecule has 0 amide bonds. The van der Waals surface area contributed by atoms with Gasteiger partial charge >= 0.3 is 17.9 Å². The lowest BCUT2D eigenvalue weighted by Crippen LogP contribution is -2.31. The van der Waals surface area contributed by atoms with Crippen molar-refractivity contribution in [2.75, 3.05) is 23.5 Å². The number of esters is 3. The Kier molecular flexibility index (Phi) is 15.9. The van der Waals surface area contributed by atoms with Gasteiger partial charge in [-0.25, -0.2) is 9.78 Å². The van der Waals surface area contributed by atoms with E-state index in [-0.39, 0.29) is 28.5 Å². The average Bonchev–Trinajstić information content (AvgIpc) is 3.70. The molecule has 5 aromatic rings. The summed E-state index contributed by atoms with van der Waals surface area (Å²) < 4.78 is 28.4. The maximum Gasteiger partial charge on any atom is 0.330 e. The first-order chi connectivity index (χ1) is 29.3. The van der Waals surface area contributed by atoms with Crippen LogP contribution in [-0.4, -0.2) is 53.9 Å². The van der Waals surface area contributed by atoms with Crippen molar-refractivity contribution >= 4 is 80.3 Å². The zero-order valence-electron chi connectivity index (χ0n) is 32.7. The molecule has 6 rings (SSSR count). The highest BCUT2D eigenvalue weighted by molar-refractivity contribution is 7.80. The Hall–Kier alpha value is -6.45. The molecule has 1 saturated carbocycles. The largest absolute Gasteiger partial charge is 0.494 e. The van der Waals surface area contributed by atoms with Crippen LogP contribution < -0.4 is 29.3 Å². The van der Waals surface area contributed by atoms with E-state index in [1.54, 1.807) is 24.3 Å². The number of aromatic nitrogens is 1. The summed E-state index contributed by atoms with van der Waals surface area (Å²) in [7, 11) is 0. The number of hydrazone groups is 1. The van der Waals surface area contributed by atoms with Crippen molar-refractivity contribution < 1.29 is 42.9 Å². The molecule has 1 aliphatic rings. The van der Waals surface area contributed by atoms with Crippen LogP contribution in [0.3, 0.4) is 0 Å². The molecule has 60 heavy (non-hydrogen) atoms. The first-order valence-electron chi connectivity index (χ1n) is 19.5. The van der Waals surface area contributed by atoms with Crippen LogP contribution in [0.2, 0.25) is 0 Å². The number of nitrogens with one attached hydrogen (secondary N) is 1. The van der Waals surface area contributed by atoms with E-state index in [0.717, 1.165) is 47.7 Å². The second kappa shape index (κ2) is 22.1. The van der Waals surface area contributed by atoms with Gasteiger partial charge in [-0.3, -0.25) is 14.4 Å². The number of anilines is 2. The molecule has 4 aromatic carbocycles. The number of thiazole rings is 1. The van der Waals surface area contributed by atoms with E-state index < -0.39 is 17.9 Å². The van der Waals surface area contributed by atoms with E-state index in [9.17, 15) is 19.2 Å². The molecule has 0 radical (unpaired) electrons. The van der Waals surface area contributed by atoms with Crippen molar-refractivity contribution in [2.24, 2.45) is 16.9 Å². The lowest BCUT2D eigenvalue weighted by atomic mass is 9.82.